The number of hydrogen-bond donors (Lipinski definition) is 0. The summed E-state index contributed by atoms with van der Waals surface area (Å²) in [5, 5.41) is 0. The Kier molecular flexibility index (Phi) is 50.2. The van der Waals surface area contributed by atoms with Gasteiger partial charge in [-0.3, -0.25) is 14.4 Å². The van der Waals surface area contributed by atoms with Crippen LogP contribution in [-0.2, 0) is 28.6 Å². The number of ether oxygens (including phenoxy) is 3. The van der Waals surface area contributed by atoms with Crippen molar-refractivity contribution in [1.82, 2.24) is 0 Å². The number of esters is 3. The molecule has 366 valence electrons. The molecule has 0 aliphatic rings. The lowest BCUT2D eigenvalue weighted by Gasteiger charge is -2.18. The van der Waals surface area contributed by atoms with Crippen LogP contribution < -0.4 is 0 Å². The fourth-order valence-electron chi connectivity index (χ4n) is 8.32. The van der Waals surface area contributed by atoms with E-state index in [1.54, 1.807) is 0 Å². The van der Waals surface area contributed by atoms with Crippen molar-refractivity contribution in [2.24, 2.45) is 0 Å². The zero-order valence-electron chi connectivity index (χ0n) is 41.9. The molecule has 0 aromatic heterocycles. The van der Waals surface area contributed by atoms with Crippen LogP contribution in [0, 0.1) is 0 Å². The minimum absolute atomic E-state index is 0.0654. The fourth-order valence-corrected chi connectivity index (χ4v) is 8.32. The predicted octanol–water partition coefficient (Wildman–Crippen LogP) is 18.2. The van der Waals surface area contributed by atoms with Crippen LogP contribution in [0.5, 0.6) is 0 Å². The van der Waals surface area contributed by atoms with Crippen LogP contribution in [0.4, 0.5) is 0 Å². The number of carbonyl (C=O) groups is 3. The minimum atomic E-state index is -0.765. The molecule has 6 heteroatoms. The van der Waals surface area contributed by atoms with Crippen LogP contribution in [0.25, 0.3) is 0 Å². The van der Waals surface area contributed by atoms with Gasteiger partial charge in [0, 0.05) is 19.3 Å². The number of allylic oxidation sites excluding steroid dienone is 2. The summed E-state index contributed by atoms with van der Waals surface area (Å²) in [5.41, 5.74) is 0. The second kappa shape index (κ2) is 51.8. The molecule has 0 aliphatic heterocycles. The van der Waals surface area contributed by atoms with Gasteiger partial charge in [0.1, 0.15) is 13.2 Å². The van der Waals surface area contributed by atoms with E-state index < -0.39 is 6.10 Å². The Morgan fingerprint density at radius 2 is 0.532 bits per heavy atom. The van der Waals surface area contributed by atoms with E-state index >= 15 is 0 Å². The molecule has 0 spiro atoms. The number of rotatable bonds is 51. The van der Waals surface area contributed by atoms with Crippen LogP contribution in [0.1, 0.15) is 310 Å². The largest absolute Gasteiger partial charge is 0.462 e. The first-order chi connectivity index (χ1) is 30.5. The van der Waals surface area contributed by atoms with Crippen molar-refractivity contribution < 1.29 is 28.6 Å². The molecular formula is C56H106O6. The Morgan fingerprint density at radius 1 is 0.306 bits per heavy atom. The molecule has 0 saturated carbocycles. The molecule has 0 N–H and O–H groups in total. The highest BCUT2D eigenvalue weighted by Gasteiger charge is 2.19. The lowest BCUT2D eigenvalue weighted by Crippen LogP contribution is -2.30. The maximum Gasteiger partial charge on any atom is 0.306 e. The molecular weight excluding hydrogens is 769 g/mol. The monoisotopic (exact) mass is 875 g/mol. The number of carbonyl (C=O) groups excluding carboxylic acids is 3. The van der Waals surface area contributed by atoms with E-state index in [9.17, 15) is 14.4 Å². The third-order valence-corrected chi connectivity index (χ3v) is 12.5. The minimum Gasteiger partial charge on any atom is -0.462 e. The van der Waals surface area contributed by atoms with Gasteiger partial charge in [0.2, 0.25) is 0 Å². The van der Waals surface area contributed by atoms with E-state index in [4.69, 9.17) is 14.2 Å². The fraction of sp³-hybridized carbons (Fsp3) is 0.911. The predicted molar refractivity (Wildman–Crippen MR) is 266 cm³/mol. The summed E-state index contributed by atoms with van der Waals surface area (Å²) in [5.74, 6) is -0.848. The second-order valence-corrected chi connectivity index (χ2v) is 18.9. The highest BCUT2D eigenvalue weighted by molar-refractivity contribution is 5.71. The molecule has 1 unspecified atom stereocenters. The number of hydrogen-bond acceptors (Lipinski definition) is 6. The first-order valence-corrected chi connectivity index (χ1v) is 27.7. The van der Waals surface area contributed by atoms with E-state index in [1.807, 2.05) is 0 Å². The molecule has 0 aromatic carbocycles. The van der Waals surface area contributed by atoms with Crippen LogP contribution in [0.2, 0.25) is 0 Å². The summed E-state index contributed by atoms with van der Waals surface area (Å²) >= 11 is 0. The Labute approximate surface area is 386 Å². The van der Waals surface area contributed by atoms with E-state index in [0.717, 1.165) is 57.8 Å². The van der Waals surface area contributed by atoms with E-state index in [1.165, 1.54) is 212 Å². The van der Waals surface area contributed by atoms with Crippen LogP contribution >= 0.6 is 0 Å². The van der Waals surface area contributed by atoms with Crippen LogP contribution in [-0.4, -0.2) is 37.2 Å². The van der Waals surface area contributed by atoms with Crippen molar-refractivity contribution >= 4 is 17.9 Å². The molecule has 0 rings (SSSR count). The highest BCUT2D eigenvalue weighted by Crippen LogP contribution is 2.17. The summed E-state index contributed by atoms with van der Waals surface area (Å²) in [6, 6.07) is 0. The van der Waals surface area contributed by atoms with Crippen LogP contribution in [0.15, 0.2) is 12.2 Å². The van der Waals surface area contributed by atoms with E-state index in [2.05, 4.69) is 32.9 Å². The van der Waals surface area contributed by atoms with Gasteiger partial charge in [-0.1, -0.05) is 258 Å². The zero-order chi connectivity index (χ0) is 45.1. The molecule has 0 radical (unpaired) electrons. The normalized spacial score (nSPS) is 12.0. The van der Waals surface area contributed by atoms with Gasteiger partial charge in [0.15, 0.2) is 6.10 Å². The van der Waals surface area contributed by atoms with Crippen molar-refractivity contribution in [3.05, 3.63) is 12.2 Å². The SMILES string of the molecule is CCCCCC/C=C\CCCCCCCCCC(=O)OCC(COC(=O)CCCCCCCCCCCCCCCC)OC(=O)CCCCCCCCCCCCCCCCC. The zero-order valence-corrected chi connectivity index (χ0v) is 41.9. The Balaban J connectivity index is 4.32. The Bertz CT molecular complexity index is 962. The average molecular weight is 875 g/mol. The molecule has 6 nitrogen and oxygen atoms in total. The third-order valence-electron chi connectivity index (χ3n) is 12.5. The van der Waals surface area contributed by atoms with Gasteiger partial charge in [0.25, 0.3) is 0 Å². The van der Waals surface area contributed by atoms with E-state index in [0.29, 0.717) is 19.3 Å². The smallest absolute Gasteiger partial charge is 0.306 e. The summed E-state index contributed by atoms with van der Waals surface area (Å²) in [4.78, 5) is 38.0. The third kappa shape index (κ3) is 49.2. The molecule has 1 atom stereocenters. The first kappa shape index (κ1) is 60.2. The molecule has 0 saturated heterocycles. The van der Waals surface area contributed by atoms with Crippen molar-refractivity contribution in [2.45, 2.75) is 316 Å². The molecule has 62 heavy (non-hydrogen) atoms. The molecule has 0 amide bonds. The Morgan fingerprint density at radius 3 is 0.823 bits per heavy atom. The van der Waals surface area contributed by atoms with Crippen molar-refractivity contribution in [2.75, 3.05) is 13.2 Å². The summed E-state index contributed by atoms with van der Waals surface area (Å²) in [6.45, 7) is 6.67. The lowest BCUT2D eigenvalue weighted by molar-refractivity contribution is -0.167. The molecule has 0 heterocycles. The van der Waals surface area contributed by atoms with Gasteiger partial charge < -0.3 is 14.2 Å². The van der Waals surface area contributed by atoms with Gasteiger partial charge in [0.05, 0.1) is 0 Å². The van der Waals surface area contributed by atoms with Gasteiger partial charge >= 0.3 is 17.9 Å². The van der Waals surface area contributed by atoms with Gasteiger partial charge in [-0.2, -0.15) is 0 Å². The topological polar surface area (TPSA) is 78.9 Å². The van der Waals surface area contributed by atoms with Crippen molar-refractivity contribution in [1.29, 1.82) is 0 Å². The highest BCUT2D eigenvalue weighted by atomic mass is 16.6. The first-order valence-electron chi connectivity index (χ1n) is 27.7. The molecule has 0 fully saturated rings. The lowest BCUT2D eigenvalue weighted by atomic mass is 10.0. The molecule has 0 bridgehead atoms. The van der Waals surface area contributed by atoms with Gasteiger partial charge in [-0.25, -0.2) is 0 Å². The van der Waals surface area contributed by atoms with Crippen molar-refractivity contribution in [3.8, 4) is 0 Å². The standard InChI is InChI=1S/C56H106O6/c1-4-7-10-13-16-19-22-25-28-31-34-37-40-43-46-49-55(58)61-52-53(51-60-54(57)48-45-42-39-36-33-30-27-24-21-18-15-12-9-6-3)62-56(59)50-47-44-41-38-35-32-29-26-23-20-17-14-11-8-5-2/h19,22,53H,4-18,20-21,23-52H2,1-3H3/b22-19-. The van der Waals surface area contributed by atoms with Crippen molar-refractivity contribution in [3.63, 3.8) is 0 Å². The maximum absolute atomic E-state index is 12.8. The summed E-state index contributed by atoms with van der Waals surface area (Å²) in [7, 11) is 0. The maximum atomic E-state index is 12.8. The second-order valence-electron chi connectivity index (χ2n) is 18.9. The van der Waals surface area contributed by atoms with Gasteiger partial charge in [-0.15, -0.1) is 0 Å². The molecule has 0 aliphatic carbocycles. The summed E-state index contributed by atoms with van der Waals surface area (Å²) in [6.07, 6.45) is 57.6. The van der Waals surface area contributed by atoms with Gasteiger partial charge in [-0.05, 0) is 44.9 Å². The van der Waals surface area contributed by atoms with Crippen LogP contribution in [0.3, 0.4) is 0 Å². The van der Waals surface area contributed by atoms with E-state index in [-0.39, 0.29) is 31.1 Å². The quantitative estimate of drug-likeness (QED) is 0.0262. The Hall–Kier alpha value is -1.85. The molecule has 0 aromatic rings. The average Bonchev–Trinajstić information content (AvgIpc) is 3.27. The summed E-state index contributed by atoms with van der Waals surface area (Å²) < 4.78 is 16.9. The number of unbranched alkanes of at least 4 members (excludes halogenated alkanes) is 38.